The summed E-state index contributed by atoms with van der Waals surface area (Å²) < 4.78 is 6.15. The fourth-order valence-electron chi connectivity index (χ4n) is 3.59. The van der Waals surface area contributed by atoms with Crippen LogP contribution in [0.25, 0.3) is 10.2 Å². The van der Waals surface area contributed by atoms with Gasteiger partial charge in [-0.05, 0) is 36.5 Å². The number of nitrogens with two attached hydrogens (primary N) is 2. The van der Waals surface area contributed by atoms with Crippen molar-refractivity contribution in [3.8, 4) is 0 Å². The molecule has 11 heteroatoms. The molecule has 1 aromatic heterocycles. The van der Waals surface area contributed by atoms with Crippen molar-refractivity contribution in [2.24, 2.45) is 22.4 Å². The number of thiazole rings is 1. The fraction of sp³-hybridized carbons (Fsp3) is 0.346. The van der Waals surface area contributed by atoms with E-state index in [2.05, 4.69) is 20.6 Å². The maximum atomic E-state index is 13.4. The van der Waals surface area contributed by atoms with Crippen LogP contribution in [0.2, 0.25) is 0 Å². The number of benzene rings is 2. The number of guanidine groups is 1. The normalized spacial score (nSPS) is 12.5. The summed E-state index contributed by atoms with van der Waals surface area (Å²) in [5.41, 5.74) is 12.3. The van der Waals surface area contributed by atoms with Crippen LogP contribution in [0.3, 0.4) is 0 Å². The smallest absolute Gasteiger partial charge is 0.408 e. The van der Waals surface area contributed by atoms with Gasteiger partial charge in [-0.2, -0.15) is 0 Å². The molecule has 2 aromatic carbocycles. The Morgan fingerprint density at radius 3 is 2.41 bits per heavy atom. The van der Waals surface area contributed by atoms with E-state index in [9.17, 15) is 14.4 Å². The molecule has 0 fully saturated rings. The summed E-state index contributed by atoms with van der Waals surface area (Å²) in [6.07, 6.45) is 0.0263. The van der Waals surface area contributed by atoms with E-state index in [4.69, 9.17) is 16.2 Å². The molecule has 3 aromatic rings. The zero-order valence-electron chi connectivity index (χ0n) is 20.8. The second kappa shape index (κ2) is 13.4. The molecule has 2 amide bonds. The average Bonchev–Trinajstić information content (AvgIpc) is 3.32. The van der Waals surface area contributed by atoms with E-state index < -0.39 is 24.1 Å². The minimum absolute atomic E-state index is 0.0452. The topological polar surface area (TPSA) is 162 Å². The number of aliphatic imine (C=N–C) groups is 1. The van der Waals surface area contributed by atoms with Gasteiger partial charge < -0.3 is 26.8 Å². The maximum absolute atomic E-state index is 13.4. The predicted octanol–water partition coefficient (Wildman–Crippen LogP) is 2.97. The quantitative estimate of drug-likeness (QED) is 0.122. The van der Waals surface area contributed by atoms with Crippen molar-refractivity contribution < 1.29 is 19.1 Å². The highest BCUT2D eigenvalue weighted by Gasteiger charge is 2.30. The molecule has 0 saturated carbocycles. The van der Waals surface area contributed by atoms with Crippen molar-refractivity contribution in [1.82, 2.24) is 15.6 Å². The minimum atomic E-state index is -0.911. The van der Waals surface area contributed by atoms with Gasteiger partial charge in [0.05, 0.1) is 16.3 Å². The molecule has 3 rings (SSSR count). The van der Waals surface area contributed by atoms with E-state index in [1.807, 2.05) is 54.6 Å². The van der Waals surface area contributed by atoms with Gasteiger partial charge in [0.2, 0.25) is 11.7 Å². The van der Waals surface area contributed by atoms with Crippen LogP contribution in [0.5, 0.6) is 0 Å². The van der Waals surface area contributed by atoms with Gasteiger partial charge in [-0.3, -0.25) is 14.6 Å². The first-order valence-electron chi connectivity index (χ1n) is 12.0. The zero-order valence-corrected chi connectivity index (χ0v) is 21.7. The van der Waals surface area contributed by atoms with Crippen molar-refractivity contribution in [2.75, 3.05) is 6.54 Å². The zero-order chi connectivity index (χ0) is 26.8. The number of nitrogens with one attached hydrogen (secondary N) is 2. The molecule has 0 aliphatic carbocycles. The summed E-state index contributed by atoms with van der Waals surface area (Å²) >= 11 is 1.27. The van der Waals surface area contributed by atoms with E-state index in [0.717, 1.165) is 10.3 Å². The molecule has 0 radical (unpaired) electrons. The molecule has 1 unspecified atom stereocenters. The lowest BCUT2D eigenvalue weighted by Gasteiger charge is -2.24. The van der Waals surface area contributed by atoms with Crippen LogP contribution < -0.4 is 22.1 Å². The number of nitrogens with zero attached hydrogens (tertiary/aromatic N) is 2. The molecule has 0 spiro atoms. The van der Waals surface area contributed by atoms with E-state index in [1.165, 1.54) is 11.3 Å². The molecule has 196 valence electrons. The van der Waals surface area contributed by atoms with E-state index in [0.29, 0.717) is 29.9 Å². The Bertz CT molecular complexity index is 1210. The molecule has 10 nitrogen and oxygen atoms in total. The Morgan fingerprint density at radius 2 is 1.73 bits per heavy atom. The Balaban J connectivity index is 1.70. The van der Waals surface area contributed by atoms with Gasteiger partial charge in [-0.1, -0.05) is 56.3 Å². The molecular weight excluding hydrogens is 492 g/mol. The summed E-state index contributed by atoms with van der Waals surface area (Å²) in [7, 11) is 0. The monoisotopic (exact) mass is 524 g/mol. The van der Waals surface area contributed by atoms with Gasteiger partial charge in [-0.15, -0.1) is 11.3 Å². The SMILES string of the molecule is CC(C)C(NC(=O)OCc1ccccc1)C(=O)N[C@@H](CCCN=C(N)N)C(=O)c1nc2ccccc2s1. The highest BCUT2D eigenvalue weighted by molar-refractivity contribution is 7.20. The van der Waals surface area contributed by atoms with Gasteiger partial charge in [0.1, 0.15) is 12.6 Å². The number of Topliss-reactive ketones (excluding diaryl/α,β-unsaturated/α-hetero) is 1. The summed E-state index contributed by atoms with van der Waals surface area (Å²) in [6.45, 7) is 3.97. The number of carbonyl (C=O) groups excluding carboxylic acids is 3. The number of ether oxygens (including phenoxy) is 1. The molecule has 0 bridgehead atoms. The Hall–Kier alpha value is -3.99. The van der Waals surface area contributed by atoms with Crippen LogP contribution in [0.15, 0.2) is 59.6 Å². The number of fused-ring (bicyclic) bond motifs is 1. The second-order valence-electron chi connectivity index (χ2n) is 8.79. The van der Waals surface area contributed by atoms with Gasteiger partial charge >= 0.3 is 6.09 Å². The van der Waals surface area contributed by atoms with Gasteiger partial charge in [0, 0.05) is 6.54 Å². The highest BCUT2D eigenvalue weighted by atomic mass is 32.1. The molecule has 0 aliphatic rings. The number of carbonyl (C=O) groups is 3. The van der Waals surface area contributed by atoms with Crippen LogP contribution in [-0.4, -0.2) is 47.4 Å². The number of rotatable bonds is 12. The van der Waals surface area contributed by atoms with E-state index >= 15 is 0 Å². The Kier molecular flexibility index (Phi) is 9.96. The number of aromatic nitrogens is 1. The molecule has 0 saturated heterocycles. The Labute approximate surface area is 219 Å². The molecule has 0 aliphatic heterocycles. The van der Waals surface area contributed by atoms with Crippen LogP contribution in [0, 0.1) is 5.92 Å². The first-order chi connectivity index (χ1) is 17.7. The lowest BCUT2D eigenvalue weighted by Crippen LogP contribution is -2.53. The third-order valence-corrected chi connectivity index (χ3v) is 6.57. The average molecular weight is 525 g/mol. The molecule has 6 N–H and O–H groups in total. The van der Waals surface area contributed by atoms with Crippen molar-refractivity contribution in [3.05, 3.63) is 65.2 Å². The number of hydrogen-bond acceptors (Lipinski definition) is 7. The summed E-state index contributed by atoms with van der Waals surface area (Å²) in [5, 5.41) is 5.72. The number of alkyl carbamates (subject to hydrolysis) is 1. The van der Waals surface area contributed by atoms with Crippen molar-refractivity contribution >= 4 is 45.3 Å². The van der Waals surface area contributed by atoms with Crippen LogP contribution in [0.1, 0.15) is 42.1 Å². The third kappa shape index (κ3) is 8.28. The first-order valence-corrected chi connectivity index (χ1v) is 12.8. The molecule has 1 heterocycles. The van der Waals surface area contributed by atoms with E-state index in [-0.39, 0.29) is 24.3 Å². The van der Waals surface area contributed by atoms with Gasteiger partial charge in [0.25, 0.3) is 0 Å². The number of ketones is 1. The van der Waals surface area contributed by atoms with Gasteiger partial charge in [-0.25, -0.2) is 9.78 Å². The Morgan fingerprint density at radius 1 is 1.03 bits per heavy atom. The summed E-state index contributed by atoms with van der Waals surface area (Å²) in [6, 6.07) is 14.9. The largest absolute Gasteiger partial charge is 0.445 e. The van der Waals surface area contributed by atoms with Crippen LogP contribution in [0.4, 0.5) is 4.79 Å². The van der Waals surface area contributed by atoms with Crippen molar-refractivity contribution in [2.45, 2.75) is 45.4 Å². The van der Waals surface area contributed by atoms with E-state index in [1.54, 1.807) is 13.8 Å². The highest BCUT2D eigenvalue weighted by Crippen LogP contribution is 2.23. The molecular formula is C26H32N6O4S. The predicted molar refractivity (Wildman–Crippen MR) is 144 cm³/mol. The van der Waals surface area contributed by atoms with Crippen LogP contribution >= 0.6 is 11.3 Å². The molecule has 2 atom stereocenters. The summed E-state index contributed by atoms with van der Waals surface area (Å²) in [4.78, 5) is 47.4. The van der Waals surface area contributed by atoms with Crippen molar-refractivity contribution in [3.63, 3.8) is 0 Å². The third-order valence-electron chi connectivity index (χ3n) is 5.52. The number of amides is 2. The standard InChI is InChI=1S/C26H32N6O4S/c1-16(2)21(32-26(35)36-15-17-9-4-3-5-10-17)23(34)30-19(12-8-14-29-25(27)28)22(33)24-31-18-11-6-7-13-20(18)37-24/h3-7,9-11,13,16,19,21H,8,12,14-15H2,1-2H3,(H,30,34)(H,32,35)(H4,27,28,29)/t19-,21?/m0/s1. The van der Waals surface area contributed by atoms with Crippen LogP contribution in [-0.2, 0) is 16.1 Å². The number of para-hydroxylation sites is 1. The first kappa shape index (κ1) is 27.6. The minimum Gasteiger partial charge on any atom is -0.445 e. The number of hydrogen-bond donors (Lipinski definition) is 4. The summed E-state index contributed by atoms with van der Waals surface area (Å²) in [5.74, 6) is -1.11. The lowest BCUT2D eigenvalue weighted by atomic mass is 10.0. The van der Waals surface area contributed by atoms with Crippen molar-refractivity contribution in [1.29, 1.82) is 0 Å². The van der Waals surface area contributed by atoms with Gasteiger partial charge in [0.15, 0.2) is 11.0 Å². The maximum Gasteiger partial charge on any atom is 0.408 e. The fourth-order valence-corrected chi connectivity index (χ4v) is 4.55. The molecule has 37 heavy (non-hydrogen) atoms. The second-order valence-corrected chi connectivity index (χ2v) is 9.82. The lowest BCUT2D eigenvalue weighted by molar-refractivity contribution is -0.124.